The summed E-state index contributed by atoms with van der Waals surface area (Å²) >= 11 is 0.761. The van der Waals surface area contributed by atoms with Gasteiger partial charge in [0.15, 0.2) is 5.58 Å². The van der Waals surface area contributed by atoms with Crippen molar-refractivity contribution in [2.75, 3.05) is 4.72 Å². The molecular weight excluding hydrogens is 451 g/mol. The number of aliphatic carboxylic acids is 1. The molecule has 0 radical (unpaired) electrons. The van der Waals surface area contributed by atoms with Gasteiger partial charge in [0.1, 0.15) is 17.0 Å². The minimum atomic E-state index is -4.38. The number of fused-ring (bicyclic) bond motifs is 1. The maximum atomic E-state index is 14.8. The average Bonchev–Trinajstić information content (AvgIpc) is 3.32. The molecule has 1 atom stereocenters. The predicted molar refractivity (Wildman–Crippen MR) is 108 cm³/mol. The molecule has 2 N–H and O–H groups in total. The number of anilines is 1. The van der Waals surface area contributed by atoms with Crippen LogP contribution in [0, 0.1) is 5.82 Å². The number of rotatable bonds is 7. The van der Waals surface area contributed by atoms with Crippen LogP contribution in [-0.4, -0.2) is 33.4 Å². The number of halogens is 1. The second-order valence-corrected chi connectivity index (χ2v) is 8.80. The average molecular weight is 464 g/mol. The molecule has 31 heavy (non-hydrogen) atoms. The molecule has 4 rings (SSSR count). The number of hydrogen-bond donors (Lipinski definition) is 2. The number of carbonyl (C=O) groups is 1. The molecule has 2 aromatic carbocycles. The Morgan fingerprint density at radius 1 is 1.29 bits per heavy atom. The molecule has 0 aliphatic carbocycles. The van der Waals surface area contributed by atoms with Crippen LogP contribution in [0.5, 0.6) is 0 Å². The number of nitrogens with one attached hydrogen (secondary N) is 1. The Balaban J connectivity index is 1.85. The summed E-state index contributed by atoms with van der Waals surface area (Å²) in [7, 11) is -4.38. The van der Waals surface area contributed by atoms with Crippen LogP contribution in [0.25, 0.3) is 11.1 Å². The lowest BCUT2D eigenvalue weighted by atomic mass is 10.0. The van der Waals surface area contributed by atoms with Gasteiger partial charge in [-0.15, -0.1) is 0 Å². The maximum absolute atomic E-state index is 14.8. The second kappa shape index (κ2) is 7.92. The van der Waals surface area contributed by atoms with Crippen molar-refractivity contribution < 1.29 is 27.1 Å². The van der Waals surface area contributed by atoms with Crippen LogP contribution in [0.4, 0.5) is 9.52 Å². The fourth-order valence-electron chi connectivity index (χ4n) is 3.12. The van der Waals surface area contributed by atoms with Crippen LogP contribution in [0.3, 0.4) is 0 Å². The number of carboxylic acid groups (broad SMARTS) is 1. The van der Waals surface area contributed by atoms with Crippen molar-refractivity contribution in [1.29, 1.82) is 0 Å². The summed E-state index contributed by atoms with van der Waals surface area (Å²) in [5.74, 6) is -3.28. The summed E-state index contributed by atoms with van der Waals surface area (Å²) in [6, 6.07) is 9.01. The zero-order chi connectivity index (χ0) is 22.2. The van der Waals surface area contributed by atoms with Crippen molar-refractivity contribution >= 4 is 43.8 Å². The van der Waals surface area contributed by atoms with E-state index in [1.165, 1.54) is 0 Å². The summed E-state index contributed by atoms with van der Waals surface area (Å²) in [6.07, 6.45) is 0.659. The van der Waals surface area contributed by atoms with E-state index in [1.54, 1.807) is 30.3 Å². The Hall–Kier alpha value is -3.58. The number of sulfonamides is 1. The Morgan fingerprint density at radius 3 is 2.68 bits per heavy atom. The third kappa shape index (κ3) is 4.04. The highest BCUT2D eigenvalue weighted by Gasteiger charge is 2.27. The van der Waals surface area contributed by atoms with Crippen molar-refractivity contribution in [3.05, 3.63) is 70.7 Å². The molecule has 0 saturated carbocycles. The van der Waals surface area contributed by atoms with Crippen LogP contribution in [0.15, 0.2) is 62.9 Å². The maximum Gasteiger partial charge on any atom is 0.420 e. The van der Waals surface area contributed by atoms with Crippen LogP contribution >= 0.6 is 11.5 Å². The van der Waals surface area contributed by atoms with E-state index in [-0.39, 0.29) is 16.2 Å². The topological polar surface area (TPSA) is 144 Å². The molecule has 10 nitrogen and oxygen atoms in total. The standard InChI is InChI=1S/C18H13FN4O6S2/c19-11-6-13-14(8-15(11)31(27,28)22-17-20-9-21-30-17)29-18(26)23(13)12(7-16(24)25)10-4-2-1-3-5-10/h1-6,8-9,12H,7H2,(H,24,25)(H,20,21,22). The lowest BCUT2D eigenvalue weighted by Gasteiger charge is -2.16. The van der Waals surface area contributed by atoms with Crippen LogP contribution in [0.1, 0.15) is 18.0 Å². The van der Waals surface area contributed by atoms with Crippen molar-refractivity contribution in [3.63, 3.8) is 0 Å². The van der Waals surface area contributed by atoms with Gasteiger partial charge in [0, 0.05) is 23.7 Å². The van der Waals surface area contributed by atoms with Crippen molar-refractivity contribution in [1.82, 2.24) is 13.9 Å². The van der Waals surface area contributed by atoms with Gasteiger partial charge in [0.2, 0.25) is 5.13 Å². The zero-order valence-electron chi connectivity index (χ0n) is 15.4. The van der Waals surface area contributed by atoms with Crippen molar-refractivity contribution in [3.8, 4) is 0 Å². The number of nitrogens with zero attached hydrogens (tertiary/aromatic N) is 3. The molecule has 0 aliphatic heterocycles. The Kier molecular flexibility index (Phi) is 5.29. The first kappa shape index (κ1) is 20.7. The van der Waals surface area contributed by atoms with Crippen LogP contribution in [0.2, 0.25) is 0 Å². The monoisotopic (exact) mass is 464 g/mol. The molecule has 13 heteroatoms. The van der Waals surface area contributed by atoms with E-state index in [0.717, 1.165) is 34.6 Å². The molecule has 0 fully saturated rings. The van der Waals surface area contributed by atoms with Crippen molar-refractivity contribution in [2.24, 2.45) is 0 Å². The SMILES string of the molecule is O=C(O)CC(c1ccccc1)n1c(=O)oc2cc(S(=O)(=O)Nc3ncns3)c(F)cc21. The first-order valence-electron chi connectivity index (χ1n) is 8.67. The van der Waals surface area contributed by atoms with Gasteiger partial charge in [-0.25, -0.2) is 22.6 Å². The molecule has 2 aromatic heterocycles. The summed E-state index contributed by atoms with van der Waals surface area (Å²) in [5.41, 5.74) is 0.201. The molecule has 0 bridgehead atoms. The van der Waals surface area contributed by atoms with Gasteiger partial charge in [-0.3, -0.25) is 14.1 Å². The number of benzene rings is 2. The highest BCUT2D eigenvalue weighted by atomic mass is 32.2. The fraction of sp³-hybridized carbons (Fsp3) is 0.111. The number of oxazole rings is 1. The third-order valence-corrected chi connectivity index (χ3v) is 6.47. The summed E-state index contributed by atoms with van der Waals surface area (Å²) in [5, 5.41) is 9.25. The molecule has 0 saturated heterocycles. The first-order valence-corrected chi connectivity index (χ1v) is 10.9. The van der Waals surface area contributed by atoms with Gasteiger partial charge in [0.05, 0.1) is 18.0 Å². The molecular formula is C18H13FN4O6S2. The molecule has 160 valence electrons. The van der Waals surface area contributed by atoms with E-state index in [1.807, 2.05) is 0 Å². The van der Waals surface area contributed by atoms with E-state index in [0.29, 0.717) is 5.56 Å². The summed E-state index contributed by atoms with van der Waals surface area (Å²) in [4.78, 5) is 26.9. The van der Waals surface area contributed by atoms with Gasteiger partial charge in [-0.1, -0.05) is 30.3 Å². The van der Waals surface area contributed by atoms with E-state index in [9.17, 15) is 27.5 Å². The molecule has 1 unspecified atom stereocenters. The lowest BCUT2D eigenvalue weighted by molar-refractivity contribution is -0.137. The van der Waals surface area contributed by atoms with E-state index in [2.05, 4.69) is 14.1 Å². The fourth-order valence-corrected chi connectivity index (χ4v) is 4.86. The van der Waals surface area contributed by atoms with Crippen LogP contribution < -0.4 is 10.5 Å². The van der Waals surface area contributed by atoms with Crippen LogP contribution in [-0.2, 0) is 14.8 Å². The summed E-state index contributed by atoms with van der Waals surface area (Å²) in [6.45, 7) is 0. The van der Waals surface area contributed by atoms with Gasteiger partial charge in [0.25, 0.3) is 10.0 Å². The molecule has 0 amide bonds. The second-order valence-electron chi connectivity index (χ2n) is 6.36. The largest absolute Gasteiger partial charge is 0.481 e. The Bertz CT molecular complexity index is 1410. The molecule has 2 heterocycles. The Morgan fingerprint density at radius 2 is 2.03 bits per heavy atom. The van der Waals surface area contributed by atoms with E-state index >= 15 is 0 Å². The van der Waals surface area contributed by atoms with Gasteiger partial charge < -0.3 is 9.52 Å². The normalized spacial score (nSPS) is 12.7. The number of carboxylic acids is 1. The smallest absolute Gasteiger partial charge is 0.420 e. The van der Waals surface area contributed by atoms with Gasteiger partial charge in [-0.2, -0.15) is 4.37 Å². The predicted octanol–water partition coefficient (Wildman–Crippen LogP) is 2.45. The summed E-state index contributed by atoms with van der Waals surface area (Å²) < 4.78 is 51.8. The number of hydrogen-bond acceptors (Lipinski definition) is 8. The Labute approximate surface area is 177 Å². The molecule has 0 aliphatic rings. The molecule has 4 aromatic rings. The van der Waals surface area contributed by atoms with Gasteiger partial charge >= 0.3 is 11.7 Å². The number of aromatic nitrogens is 3. The highest BCUT2D eigenvalue weighted by Crippen LogP contribution is 2.29. The zero-order valence-corrected chi connectivity index (χ0v) is 17.1. The lowest BCUT2D eigenvalue weighted by Crippen LogP contribution is -2.24. The minimum absolute atomic E-state index is 0.0656. The third-order valence-electron chi connectivity index (χ3n) is 4.40. The van der Waals surface area contributed by atoms with Crippen molar-refractivity contribution in [2.45, 2.75) is 17.4 Å². The first-order chi connectivity index (χ1) is 14.8. The minimum Gasteiger partial charge on any atom is -0.481 e. The van der Waals surface area contributed by atoms with Gasteiger partial charge in [-0.05, 0) is 5.56 Å². The molecule has 0 spiro atoms. The highest BCUT2D eigenvalue weighted by molar-refractivity contribution is 7.93. The quantitative estimate of drug-likeness (QED) is 0.424. The van der Waals surface area contributed by atoms with E-state index in [4.69, 9.17) is 4.42 Å². The van der Waals surface area contributed by atoms with E-state index < -0.39 is 44.9 Å².